The van der Waals surface area contributed by atoms with Crippen LogP contribution in [0, 0.1) is 5.92 Å². The maximum Gasteiger partial charge on any atom is 0.326 e. The molecule has 0 saturated heterocycles. The van der Waals surface area contributed by atoms with Gasteiger partial charge in [-0.2, -0.15) is 25.3 Å². The molecule has 1 aromatic carbocycles. The highest BCUT2D eigenvalue weighted by atomic mass is 32.1. The number of aliphatic carboxylic acids is 1. The van der Waals surface area contributed by atoms with Crippen LogP contribution in [0.25, 0.3) is 0 Å². The smallest absolute Gasteiger partial charge is 0.326 e. The first kappa shape index (κ1) is 85.5. The van der Waals surface area contributed by atoms with E-state index >= 15 is 0 Å². The maximum atomic E-state index is 14.6. The van der Waals surface area contributed by atoms with E-state index in [2.05, 4.69) is 98.4 Å². The SMILES string of the molecule is CC(C)C[C@H](NC(=O)[C@H](CS)NC(=O)[C@H](CCCCN)NC(=O)[C@H](Cc1ccc(O)cc1)NC(=O)[C@H](CO)NC(=O)[C@@H](N)CCCCN)C(=O)N[C@@H](Cc1cnc[nH]1)C(=O)N[C@@H](CCCCN)C(=O)N[C@@H](CCCN=C(N)N)C(=O)N[C@@H](CS)C(=O)N[C@@H](CCCN=C(N)N)C(=O)O. The van der Waals surface area contributed by atoms with Crippen molar-refractivity contribution in [3.8, 4) is 5.75 Å². The van der Waals surface area contributed by atoms with Gasteiger partial charge in [-0.25, -0.2) is 9.78 Å². The Hall–Kier alpha value is -8.56. The van der Waals surface area contributed by atoms with Crippen molar-refractivity contribution in [3.63, 3.8) is 0 Å². The van der Waals surface area contributed by atoms with Gasteiger partial charge in [-0.3, -0.25) is 57.9 Å². The Kier molecular flexibility index (Phi) is 41.4. The Balaban J connectivity index is 2.49. The number of unbranched alkanes of at least 4 members (excludes halogenated alkanes) is 3. The lowest BCUT2D eigenvalue weighted by Crippen LogP contribution is -2.61. The molecule has 0 saturated carbocycles. The molecule has 0 spiro atoms. The van der Waals surface area contributed by atoms with Gasteiger partial charge in [-0.05, 0) is 127 Å². The number of thiol groups is 2. The number of amides is 10. The van der Waals surface area contributed by atoms with Gasteiger partial charge in [0.05, 0.1) is 19.0 Å². The Morgan fingerprint density at radius 1 is 0.480 bits per heavy atom. The Morgan fingerprint density at radius 2 is 0.837 bits per heavy atom. The van der Waals surface area contributed by atoms with Crippen molar-refractivity contribution in [2.45, 2.75) is 183 Å². The minimum atomic E-state index is -1.56. The van der Waals surface area contributed by atoms with Crippen LogP contribution >= 0.6 is 25.3 Å². The number of carboxylic acids is 1. The Labute approximate surface area is 580 Å². The third kappa shape index (κ3) is 33.6. The molecule has 10 amide bonds. The summed E-state index contributed by atoms with van der Waals surface area (Å²) in [6, 6.07) is -9.76. The summed E-state index contributed by atoms with van der Waals surface area (Å²) in [5, 5.41) is 55.8. The van der Waals surface area contributed by atoms with Crippen LogP contribution < -0.4 is 99.0 Å². The molecule has 30 N–H and O–H groups in total. The van der Waals surface area contributed by atoms with Gasteiger partial charge in [0.15, 0.2) is 11.9 Å². The number of carbonyl (C=O) groups excluding carboxylic acids is 10. The molecule has 0 fully saturated rings. The molecular weight excluding hydrogens is 1320 g/mol. The first-order valence-corrected chi connectivity index (χ1v) is 33.7. The second-order valence-electron chi connectivity index (χ2n) is 23.6. The number of phenolic OH excluding ortho intramolecular Hbond substituents is 1. The van der Waals surface area contributed by atoms with E-state index in [1.807, 2.05) is 0 Å². The second-order valence-corrected chi connectivity index (χ2v) is 24.4. The summed E-state index contributed by atoms with van der Waals surface area (Å²) in [5.74, 6) is -11.7. The summed E-state index contributed by atoms with van der Waals surface area (Å²) in [7, 11) is 0. The molecule has 0 aliphatic rings. The molecule has 1 aromatic heterocycles. The molecule has 550 valence electrons. The largest absolute Gasteiger partial charge is 0.508 e. The van der Waals surface area contributed by atoms with Crippen molar-refractivity contribution in [1.82, 2.24) is 63.1 Å². The molecule has 36 nitrogen and oxygen atoms in total. The highest BCUT2D eigenvalue weighted by Gasteiger charge is 2.37. The minimum absolute atomic E-state index is 0.00417. The number of guanidine groups is 2. The number of aliphatic hydroxyl groups is 1. The van der Waals surface area contributed by atoms with E-state index in [9.17, 15) is 68.1 Å². The number of imidazole rings is 1. The lowest BCUT2D eigenvalue weighted by molar-refractivity contribution is -0.142. The van der Waals surface area contributed by atoms with Gasteiger partial charge in [0.25, 0.3) is 0 Å². The van der Waals surface area contributed by atoms with E-state index in [4.69, 9.17) is 45.9 Å². The lowest BCUT2D eigenvalue weighted by atomic mass is 10.0. The molecule has 0 aliphatic carbocycles. The van der Waals surface area contributed by atoms with Crippen molar-refractivity contribution in [2.75, 3.05) is 50.8 Å². The van der Waals surface area contributed by atoms with Crippen molar-refractivity contribution >= 4 is 102 Å². The summed E-state index contributed by atoms with van der Waals surface area (Å²) in [6.45, 7) is 3.50. The molecule has 0 radical (unpaired) electrons. The van der Waals surface area contributed by atoms with Crippen LogP contribution in [0.1, 0.15) is 115 Å². The number of H-pyrrole nitrogens is 1. The number of aliphatic hydroxyl groups excluding tert-OH is 1. The monoisotopic (exact) mass is 1420 g/mol. The predicted molar refractivity (Wildman–Crippen MR) is 372 cm³/mol. The highest BCUT2D eigenvalue weighted by molar-refractivity contribution is 7.80. The van der Waals surface area contributed by atoms with Gasteiger partial charge in [0, 0.05) is 49.3 Å². The molecule has 2 aromatic rings. The number of aromatic nitrogens is 2. The number of carbonyl (C=O) groups is 11. The van der Waals surface area contributed by atoms with Crippen LogP contribution in [-0.2, 0) is 65.6 Å². The van der Waals surface area contributed by atoms with E-state index in [-0.39, 0.29) is 138 Å². The average molecular weight is 1420 g/mol. The number of aromatic amines is 1. The van der Waals surface area contributed by atoms with Crippen LogP contribution in [-0.4, -0.2) is 220 Å². The zero-order valence-corrected chi connectivity index (χ0v) is 57.3. The van der Waals surface area contributed by atoms with Crippen molar-refractivity contribution in [1.29, 1.82) is 0 Å². The fraction of sp³-hybridized carbons (Fsp3) is 0.633. The minimum Gasteiger partial charge on any atom is -0.508 e. The molecule has 0 bridgehead atoms. The van der Waals surface area contributed by atoms with E-state index < -0.39 is 138 Å². The van der Waals surface area contributed by atoms with Gasteiger partial charge in [0.1, 0.15) is 66.2 Å². The van der Waals surface area contributed by atoms with E-state index in [1.165, 1.54) is 36.8 Å². The van der Waals surface area contributed by atoms with E-state index in [0.717, 1.165) is 0 Å². The first-order chi connectivity index (χ1) is 46.6. The van der Waals surface area contributed by atoms with Gasteiger partial charge in [-0.1, -0.05) is 32.4 Å². The predicted octanol–water partition coefficient (Wildman–Crippen LogP) is -6.45. The molecule has 1 heterocycles. The Bertz CT molecular complexity index is 2890. The van der Waals surface area contributed by atoms with Crippen LogP contribution in [0.2, 0.25) is 0 Å². The number of hydrogen-bond acceptors (Lipinski definition) is 22. The number of rotatable bonds is 50. The normalized spacial score (nSPS) is 14.5. The van der Waals surface area contributed by atoms with Gasteiger partial charge in [0.2, 0.25) is 59.1 Å². The third-order valence-corrected chi connectivity index (χ3v) is 15.7. The average Bonchev–Trinajstić information content (AvgIpc) is 1.13. The molecule has 2 rings (SSSR count). The van der Waals surface area contributed by atoms with Crippen LogP contribution in [0.3, 0.4) is 0 Å². The number of nitrogens with zero attached hydrogens (tertiary/aromatic N) is 3. The molecule has 38 heteroatoms. The molecule has 0 aliphatic heterocycles. The number of nitrogens with one attached hydrogen (secondary N) is 11. The van der Waals surface area contributed by atoms with E-state index in [0.29, 0.717) is 43.5 Å². The summed E-state index contributed by atoms with van der Waals surface area (Å²) in [6.07, 6.45) is 4.96. The number of aromatic hydroxyl groups is 1. The number of aliphatic imine (C=N–C) groups is 2. The molecule has 0 unspecified atom stereocenters. The number of hydrogen-bond donors (Lipinski definition) is 24. The quantitative estimate of drug-likeness (QED) is 0.0127. The number of carboxylic acid groups (broad SMARTS) is 1. The molecule has 98 heavy (non-hydrogen) atoms. The van der Waals surface area contributed by atoms with E-state index in [1.54, 1.807) is 13.8 Å². The summed E-state index contributed by atoms with van der Waals surface area (Å²) in [5.41, 5.74) is 45.8. The summed E-state index contributed by atoms with van der Waals surface area (Å²) in [4.78, 5) is 168. The Morgan fingerprint density at radius 3 is 1.24 bits per heavy atom. The maximum absolute atomic E-state index is 14.6. The second kappa shape index (κ2) is 47.4. The standard InChI is InChI=1S/C60H104N22O14S2/c1-33(2)25-42(77-57(94)47(31-98)82-50(87)39(13-5-8-22-63)74-53(90)43(26-34-16-18-36(84)19-17-34)78-55(92)45(29-83)80-48(85)37(64)11-3-6-20-61)52(89)79-44(27-35-28-69-32-72-35)54(91)75-38(12-4-7-21-62)49(86)73-40(14-9-23-70-59(65)66)51(88)81-46(30-97)56(93)76-41(58(95)96)15-10-24-71-60(67)68/h16-19,28,32-33,37-47,83-84,97-98H,3-15,20-27,29-31,61-64H2,1-2H3,(H,69,72)(H,73,86)(H,74,90)(H,75,91)(H,76,93)(H,77,94)(H,78,92)(H,79,89)(H,80,85)(H,81,88)(H,82,87)(H,95,96)(H4,65,66,70)(H4,67,68,71)/t37-,38-,39-,40-,41-,42-,43-,44-,45-,46-,47-/m0/s1. The van der Waals surface area contributed by atoms with Crippen LogP contribution in [0.15, 0.2) is 46.8 Å². The zero-order valence-electron chi connectivity index (χ0n) is 55.6. The van der Waals surface area contributed by atoms with Gasteiger partial charge in [-0.15, -0.1) is 0 Å². The zero-order chi connectivity index (χ0) is 73.3. The highest BCUT2D eigenvalue weighted by Crippen LogP contribution is 2.15. The molecular formula is C60H104N22O14S2. The number of benzene rings is 1. The first-order valence-electron chi connectivity index (χ1n) is 32.4. The van der Waals surface area contributed by atoms with Gasteiger partial charge < -0.3 is 119 Å². The molecule has 11 atom stereocenters. The van der Waals surface area contributed by atoms with Crippen molar-refractivity contribution in [3.05, 3.63) is 48.0 Å². The number of phenols is 1. The lowest BCUT2D eigenvalue weighted by Gasteiger charge is -2.28. The topological polar surface area (TPSA) is 630 Å². The van der Waals surface area contributed by atoms with Crippen molar-refractivity contribution in [2.24, 2.45) is 61.8 Å². The third-order valence-electron chi connectivity index (χ3n) is 15.0. The fourth-order valence-corrected chi connectivity index (χ4v) is 10.1. The fourth-order valence-electron chi connectivity index (χ4n) is 9.61. The van der Waals surface area contributed by atoms with Crippen LogP contribution in [0.5, 0.6) is 5.75 Å². The summed E-state index contributed by atoms with van der Waals surface area (Å²) < 4.78 is 0. The van der Waals surface area contributed by atoms with Crippen molar-refractivity contribution < 1.29 is 68.1 Å². The van der Waals surface area contributed by atoms with Crippen LogP contribution in [0.4, 0.5) is 0 Å². The number of nitrogens with two attached hydrogens (primary N) is 8. The van der Waals surface area contributed by atoms with Gasteiger partial charge >= 0.3 is 5.97 Å². The summed E-state index contributed by atoms with van der Waals surface area (Å²) >= 11 is 8.57.